The fraction of sp³-hybridized carbons (Fsp3) is 0.417. The van der Waals surface area contributed by atoms with Crippen molar-refractivity contribution in [3.8, 4) is 0 Å². The molecule has 0 spiro atoms. The molecule has 0 bridgehead atoms. The Hall–Kier alpha value is -2.12. The Morgan fingerprint density at radius 2 is 2.10 bits per heavy atom. The standard InChI is InChI=1S/C12H14F3N3O2/c1-12(15,3-9(13)14)11(20)18-5-7-2-8(10(16)19)6-17-4-7/h2,4,6,9H,3,5H2,1H3,(H2,16,19)(H,18,20). The van der Waals surface area contributed by atoms with Gasteiger partial charge in [-0.1, -0.05) is 0 Å². The van der Waals surface area contributed by atoms with Crippen molar-refractivity contribution < 1.29 is 22.8 Å². The van der Waals surface area contributed by atoms with Gasteiger partial charge in [-0.3, -0.25) is 14.6 Å². The van der Waals surface area contributed by atoms with Gasteiger partial charge < -0.3 is 11.1 Å². The van der Waals surface area contributed by atoms with Gasteiger partial charge in [0.2, 0.25) is 12.3 Å². The highest BCUT2D eigenvalue weighted by atomic mass is 19.3. The van der Waals surface area contributed by atoms with E-state index < -0.39 is 30.3 Å². The van der Waals surface area contributed by atoms with Gasteiger partial charge in [0.25, 0.3) is 5.91 Å². The Morgan fingerprint density at radius 1 is 1.45 bits per heavy atom. The van der Waals surface area contributed by atoms with Crippen LogP contribution in [-0.4, -0.2) is 28.9 Å². The average Bonchev–Trinajstić information content (AvgIpc) is 2.34. The highest BCUT2D eigenvalue weighted by molar-refractivity contribution is 5.92. The number of carbonyl (C=O) groups excluding carboxylic acids is 2. The SMILES string of the molecule is CC(F)(CC(F)F)C(=O)NCc1cncc(C(N)=O)c1. The molecule has 0 saturated carbocycles. The minimum atomic E-state index is -2.92. The second kappa shape index (κ2) is 6.36. The van der Waals surface area contributed by atoms with Crippen molar-refractivity contribution in [3.05, 3.63) is 29.6 Å². The molecular formula is C12H14F3N3O2. The van der Waals surface area contributed by atoms with Crippen molar-refractivity contribution in [3.63, 3.8) is 0 Å². The molecule has 0 aliphatic rings. The maximum Gasteiger partial charge on any atom is 0.257 e. The molecule has 110 valence electrons. The number of carbonyl (C=O) groups is 2. The first-order valence-corrected chi connectivity index (χ1v) is 5.71. The van der Waals surface area contributed by atoms with Gasteiger partial charge in [-0.05, 0) is 18.6 Å². The number of nitrogens with zero attached hydrogens (tertiary/aromatic N) is 1. The Morgan fingerprint density at radius 3 is 2.65 bits per heavy atom. The number of alkyl halides is 3. The van der Waals surface area contributed by atoms with Crippen LogP contribution in [0.25, 0.3) is 0 Å². The molecule has 1 aromatic rings. The van der Waals surface area contributed by atoms with Gasteiger partial charge in [0.1, 0.15) is 0 Å². The number of halogens is 3. The Balaban J connectivity index is 2.65. The average molecular weight is 289 g/mol. The summed E-state index contributed by atoms with van der Waals surface area (Å²) < 4.78 is 37.9. The number of amides is 2. The summed E-state index contributed by atoms with van der Waals surface area (Å²) in [5.41, 5.74) is 2.93. The second-order valence-electron chi connectivity index (χ2n) is 4.42. The van der Waals surface area contributed by atoms with Crippen LogP contribution >= 0.6 is 0 Å². The van der Waals surface area contributed by atoms with Gasteiger partial charge in [-0.25, -0.2) is 13.2 Å². The summed E-state index contributed by atoms with van der Waals surface area (Å²) in [6.45, 7) is 0.641. The van der Waals surface area contributed by atoms with Crippen LogP contribution in [0.5, 0.6) is 0 Å². The van der Waals surface area contributed by atoms with E-state index in [1.807, 2.05) is 0 Å². The Kier molecular flexibility index (Phi) is 5.06. The van der Waals surface area contributed by atoms with Crippen molar-refractivity contribution in [1.82, 2.24) is 10.3 Å². The van der Waals surface area contributed by atoms with Gasteiger partial charge in [0.15, 0.2) is 5.67 Å². The predicted octanol–water partition coefficient (Wildman–Crippen LogP) is 1.18. The molecule has 3 N–H and O–H groups in total. The van der Waals surface area contributed by atoms with Gasteiger partial charge >= 0.3 is 0 Å². The molecule has 1 heterocycles. The zero-order valence-electron chi connectivity index (χ0n) is 10.7. The lowest BCUT2D eigenvalue weighted by atomic mass is 10.0. The van der Waals surface area contributed by atoms with E-state index in [-0.39, 0.29) is 12.1 Å². The fourth-order valence-corrected chi connectivity index (χ4v) is 1.47. The first-order chi connectivity index (χ1) is 9.22. The third kappa shape index (κ3) is 4.52. The molecule has 1 atom stereocenters. The van der Waals surface area contributed by atoms with Gasteiger partial charge in [0, 0.05) is 18.9 Å². The van der Waals surface area contributed by atoms with Gasteiger partial charge in [-0.15, -0.1) is 0 Å². The molecule has 0 aromatic carbocycles. The number of hydrogen-bond donors (Lipinski definition) is 2. The number of aromatic nitrogens is 1. The smallest absolute Gasteiger partial charge is 0.257 e. The molecular weight excluding hydrogens is 275 g/mol. The quantitative estimate of drug-likeness (QED) is 0.824. The molecule has 2 amide bonds. The van der Waals surface area contributed by atoms with Crippen molar-refractivity contribution in [2.75, 3.05) is 0 Å². The zero-order chi connectivity index (χ0) is 15.3. The normalized spacial score (nSPS) is 13.8. The van der Waals surface area contributed by atoms with E-state index in [1.165, 1.54) is 18.5 Å². The van der Waals surface area contributed by atoms with E-state index in [1.54, 1.807) is 0 Å². The third-order valence-electron chi connectivity index (χ3n) is 2.54. The molecule has 5 nitrogen and oxygen atoms in total. The number of rotatable bonds is 6. The molecule has 20 heavy (non-hydrogen) atoms. The van der Waals surface area contributed by atoms with E-state index in [0.717, 1.165) is 6.92 Å². The summed E-state index contributed by atoms with van der Waals surface area (Å²) in [6, 6.07) is 1.37. The van der Waals surface area contributed by atoms with Crippen molar-refractivity contribution in [1.29, 1.82) is 0 Å². The molecule has 1 unspecified atom stereocenters. The lowest BCUT2D eigenvalue weighted by Gasteiger charge is -2.19. The number of hydrogen-bond acceptors (Lipinski definition) is 3. The minimum Gasteiger partial charge on any atom is -0.366 e. The topological polar surface area (TPSA) is 85.1 Å². The zero-order valence-corrected chi connectivity index (χ0v) is 10.7. The summed E-state index contributed by atoms with van der Waals surface area (Å²) in [4.78, 5) is 26.1. The monoisotopic (exact) mass is 289 g/mol. The van der Waals surface area contributed by atoms with Crippen LogP contribution in [0.4, 0.5) is 13.2 Å². The van der Waals surface area contributed by atoms with E-state index in [4.69, 9.17) is 5.73 Å². The first kappa shape index (κ1) is 15.9. The van der Waals surface area contributed by atoms with Crippen molar-refractivity contribution >= 4 is 11.8 Å². The lowest BCUT2D eigenvalue weighted by Crippen LogP contribution is -2.42. The number of pyridine rings is 1. The first-order valence-electron chi connectivity index (χ1n) is 5.71. The summed E-state index contributed by atoms with van der Waals surface area (Å²) in [6.07, 6.45) is -1.52. The van der Waals surface area contributed by atoms with Crippen LogP contribution in [0.1, 0.15) is 29.3 Å². The summed E-state index contributed by atoms with van der Waals surface area (Å²) in [5, 5.41) is 2.17. The summed E-state index contributed by atoms with van der Waals surface area (Å²) >= 11 is 0. The molecule has 1 aromatic heterocycles. The van der Waals surface area contributed by atoms with Crippen LogP contribution in [0.3, 0.4) is 0 Å². The number of nitrogens with one attached hydrogen (secondary N) is 1. The van der Waals surface area contributed by atoms with Crippen molar-refractivity contribution in [2.24, 2.45) is 5.73 Å². The molecule has 0 saturated heterocycles. The fourth-order valence-electron chi connectivity index (χ4n) is 1.47. The van der Waals surface area contributed by atoms with Gasteiger partial charge in [-0.2, -0.15) is 0 Å². The highest BCUT2D eigenvalue weighted by Crippen LogP contribution is 2.20. The number of nitrogens with two attached hydrogens (primary N) is 1. The van der Waals surface area contributed by atoms with Crippen LogP contribution in [-0.2, 0) is 11.3 Å². The van der Waals surface area contributed by atoms with Crippen LogP contribution < -0.4 is 11.1 Å². The maximum atomic E-state index is 13.7. The Labute approximate surface area is 113 Å². The third-order valence-corrected chi connectivity index (χ3v) is 2.54. The minimum absolute atomic E-state index is 0.132. The van der Waals surface area contributed by atoms with E-state index in [9.17, 15) is 22.8 Å². The van der Waals surface area contributed by atoms with Gasteiger partial charge in [0.05, 0.1) is 12.0 Å². The predicted molar refractivity (Wildman–Crippen MR) is 64.7 cm³/mol. The molecule has 8 heteroatoms. The largest absolute Gasteiger partial charge is 0.366 e. The lowest BCUT2D eigenvalue weighted by molar-refractivity contribution is -0.134. The Bertz CT molecular complexity index is 506. The maximum absolute atomic E-state index is 13.7. The molecule has 0 radical (unpaired) electrons. The summed E-state index contributed by atoms with van der Waals surface area (Å²) in [5.74, 6) is -1.85. The van der Waals surface area contributed by atoms with Crippen LogP contribution in [0.15, 0.2) is 18.5 Å². The number of primary amides is 1. The summed E-state index contributed by atoms with van der Waals surface area (Å²) in [7, 11) is 0. The highest BCUT2D eigenvalue weighted by Gasteiger charge is 2.36. The molecule has 0 fully saturated rings. The van der Waals surface area contributed by atoms with E-state index >= 15 is 0 Å². The molecule has 1 rings (SSSR count). The van der Waals surface area contributed by atoms with Crippen molar-refractivity contribution in [2.45, 2.75) is 32.0 Å². The molecule has 0 aliphatic heterocycles. The van der Waals surface area contributed by atoms with E-state index in [0.29, 0.717) is 5.56 Å². The van der Waals surface area contributed by atoms with Crippen LogP contribution in [0, 0.1) is 0 Å². The van der Waals surface area contributed by atoms with Crippen LogP contribution in [0.2, 0.25) is 0 Å². The second-order valence-corrected chi connectivity index (χ2v) is 4.42. The van der Waals surface area contributed by atoms with E-state index in [2.05, 4.69) is 10.3 Å². The molecule has 0 aliphatic carbocycles.